The number of aromatic amines is 1. The van der Waals surface area contributed by atoms with Gasteiger partial charge in [0.1, 0.15) is 22.3 Å². The maximum Gasteiger partial charge on any atom is 0.270 e. The van der Waals surface area contributed by atoms with Crippen LogP contribution in [0.25, 0.3) is 10.9 Å². The van der Waals surface area contributed by atoms with E-state index in [1.165, 1.54) is 24.4 Å². The van der Waals surface area contributed by atoms with E-state index in [1.807, 2.05) is 6.92 Å². The molecule has 2 aromatic heterocycles. The molecule has 28 heavy (non-hydrogen) atoms. The van der Waals surface area contributed by atoms with Crippen LogP contribution in [0.15, 0.2) is 59.6 Å². The first-order chi connectivity index (χ1) is 13.3. The van der Waals surface area contributed by atoms with Gasteiger partial charge in [-0.05, 0) is 55.0 Å². The first-order valence-electron chi connectivity index (χ1n) is 8.41. The van der Waals surface area contributed by atoms with Crippen LogP contribution in [0.5, 0.6) is 0 Å². The molecule has 0 aliphatic rings. The van der Waals surface area contributed by atoms with Crippen molar-refractivity contribution in [2.75, 3.05) is 0 Å². The van der Waals surface area contributed by atoms with Crippen molar-refractivity contribution in [1.29, 1.82) is 0 Å². The van der Waals surface area contributed by atoms with Gasteiger partial charge in [0.05, 0.1) is 0 Å². The van der Waals surface area contributed by atoms with Crippen molar-refractivity contribution in [1.82, 2.24) is 8.96 Å². The van der Waals surface area contributed by atoms with Crippen LogP contribution in [0, 0.1) is 24.4 Å². The van der Waals surface area contributed by atoms with Crippen LogP contribution in [-0.2, 0) is 16.4 Å². The van der Waals surface area contributed by atoms with Crippen molar-refractivity contribution < 1.29 is 21.6 Å². The number of nitrogens with one attached hydrogen (secondary N) is 1. The quantitative estimate of drug-likeness (QED) is 0.544. The Hall–Kier alpha value is -3.00. The third-order valence-corrected chi connectivity index (χ3v) is 6.42. The number of aromatic nitrogens is 2. The molecule has 144 valence electrons. The van der Waals surface area contributed by atoms with Gasteiger partial charge in [-0.3, -0.25) is 0 Å². The Morgan fingerprint density at radius 1 is 1.00 bits per heavy atom. The summed E-state index contributed by atoms with van der Waals surface area (Å²) < 4.78 is 67.7. The Bertz CT molecular complexity index is 1310. The summed E-state index contributed by atoms with van der Waals surface area (Å²) in [6.07, 6.45) is 1.49. The first-order valence-corrected chi connectivity index (χ1v) is 9.85. The fourth-order valence-electron chi connectivity index (χ4n) is 3.33. The summed E-state index contributed by atoms with van der Waals surface area (Å²) in [6.45, 7) is 1.81. The Kier molecular flexibility index (Phi) is 4.30. The van der Waals surface area contributed by atoms with E-state index in [9.17, 15) is 21.6 Å². The molecular weight excluding hydrogens is 389 g/mol. The number of H-pyrrole nitrogens is 1. The average Bonchev–Trinajstić information content (AvgIpc) is 3.21. The number of hydrogen-bond acceptors (Lipinski definition) is 2. The molecule has 0 amide bonds. The van der Waals surface area contributed by atoms with E-state index in [2.05, 4.69) is 4.98 Å². The van der Waals surface area contributed by atoms with Gasteiger partial charge in [0, 0.05) is 41.0 Å². The lowest BCUT2D eigenvalue weighted by molar-refractivity contribution is 0.545. The summed E-state index contributed by atoms with van der Waals surface area (Å²) in [7, 11) is -4.26. The van der Waals surface area contributed by atoms with Crippen LogP contribution in [0.2, 0.25) is 0 Å². The molecule has 0 aliphatic heterocycles. The van der Waals surface area contributed by atoms with Crippen LogP contribution >= 0.6 is 0 Å². The number of rotatable bonds is 4. The van der Waals surface area contributed by atoms with Crippen molar-refractivity contribution >= 4 is 20.9 Å². The molecule has 0 spiro atoms. The van der Waals surface area contributed by atoms with Crippen LogP contribution < -0.4 is 0 Å². The van der Waals surface area contributed by atoms with Gasteiger partial charge >= 0.3 is 0 Å². The zero-order valence-corrected chi connectivity index (χ0v) is 15.5. The molecule has 2 heterocycles. The van der Waals surface area contributed by atoms with Crippen LogP contribution in [0.3, 0.4) is 0 Å². The molecule has 0 saturated carbocycles. The number of halogens is 3. The second-order valence-electron chi connectivity index (χ2n) is 6.47. The molecule has 4 aromatic rings. The van der Waals surface area contributed by atoms with Gasteiger partial charge in [-0.2, -0.15) is 0 Å². The molecule has 0 atom stereocenters. The predicted molar refractivity (Wildman–Crippen MR) is 99.2 cm³/mol. The fourth-order valence-corrected chi connectivity index (χ4v) is 4.75. The highest BCUT2D eigenvalue weighted by Gasteiger charge is 2.24. The van der Waals surface area contributed by atoms with E-state index in [0.29, 0.717) is 17.1 Å². The highest BCUT2D eigenvalue weighted by molar-refractivity contribution is 7.90. The van der Waals surface area contributed by atoms with Gasteiger partial charge in [0.2, 0.25) is 0 Å². The third-order valence-electron chi connectivity index (χ3n) is 4.66. The van der Waals surface area contributed by atoms with Crippen molar-refractivity contribution in [2.24, 2.45) is 0 Å². The van der Waals surface area contributed by atoms with Gasteiger partial charge in [-0.15, -0.1) is 0 Å². The van der Waals surface area contributed by atoms with Crippen molar-refractivity contribution in [3.8, 4) is 0 Å². The Balaban J connectivity index is 1.81. The molecule has 0 bridgehead atoms. The Morgan fingerprint density at radius 3 is 2.46 bits per heavy atom. The topological polar surface area (TPSA) is 54.9 Å². The van der Waals surface area contributed by atoms with E-state index in [-0.39, 0.29) is 6.42 Å². The lowest BCUT2D eigenvalue weighted by Gasteiger charge is -2.12. The molecule has 0 radical (unpaired) electrons. The smallest absolute Gasteiger partial charge is 0.270 e. The standard InChI is InChI=1S/C20H15F3N2O2S/c1-12-16(17-9-13(21)4-6-19(17)24-12)11-15-3-2-8-25(15)28(26,27)20-7-5-14(22)10-18(20)23/h2-10,24H,11H2,1H3. The molecule has 0 unspecified atom stereocenters. The van der Waals surface area contributed by atoms with E-state index in [1.54, 1.807) is 12.1 Å². The Labute approximate surface area is 159 Å². The minimum Gasteiger partial charge on any atom is -0.358 e. The number of aryl methyl sites for hydroxylation is 1. The normalized spacial score (nSPS) is 12.0. The lowest BCUT2D eigenvalue weighted by atomic mass is 10.1. The van der Waals surface area contributed by atoms with Crippen LogP contribution in [0.1, 0.15) is 17.0 Å². The maximum absolute atomic E-state index is 14.1. The number of nitrogens with zero attached hydrogens (tertiary/aromatic N) is 1. The molecule has 1 N–H and O–H groups in total. The summed E-state index contributed by atoms with van der Waals surface area (Å²) in [6, 6.07) is 9.78. The van der Waals surface area contributed by atoms with Crippen molar-refractivity contribution in [3.05, 3.63) is 89.1 Å². The van der Waals surface area contributed by atoms with Crippen LogP contribution in [-0.4, -0.2) is 17.4 Å². The summed E-state index contributed by atoms with van der Waals surface area (Å²) >= 11 is 0. The fraction of sp³-hybridized carbons (Fsp3) is 0.100. The monoisotopic (exact) mass is 404 g/mol. The number of fused-ring (bicyclic) bond motifs is 1. The van der Waals surface area contributed by atoms with Gasteiger partial charge in [-0.25, -0.2) is 25.6 Å². The van der Waals surface area contributed by atoms with E-state index >= 15 is 0 Å². The zero-order chi connectivity index (χ0) is 20.1. The van der Waals surface area contributed by atoms with Gasteiger partial charge in [0.25, 0.3) is 10.0 Å². The first kappa shape index (κ1) is 18.4. The molecule has 8 heteroatoms. The highest BCUT2D eigenvalue weighted by atomic mass is 32.2. The minimum absolute atomic E-state index is 0.185. The van der Waals surface area contributed by atoms with Gasteiger partial charge in [-0.1, -0.05) is 0 Å². The van der Waals surface area contributed by atoms with Crippen molar-refractivity contribution in [2.45, 2.75) is 18.2 Å². The van der Waals surface area contributed by atoms with Gasteiger partial charge in [0.15, 0.2) is 0 Å². The van der Waals surface area contributed by atoms with Crippen LogP contribution in [0.4, 0.5) is 13.2 Å². The largest absolute Gasteiger partial charge is 0.358 e. The third kappa shape index (κ3) is 2.99. The average molecular weight is 404 g/mol. The zero-order valence-electron chi connectivity index (χ0n) is 14.7. The number of benzene rings is 2. The SMILES string of the molecule is Cc1[nH]c2ccc(F)cc2c1Cc1cccn1S(=O)(=O)c1ccc(F)cc1F. The van der Waals surface area contributed by atoms with E-state index in [4.69, 9.17) is 0 Å². The molecule has 0 fully saturated rings. The maximum atomic E-state index is 14.1. The van der Waals surface area contributed by atoms with E-state index in [0.717, 1.165) is 32.9 Å². The summed E-state index contributed by atoms with van der Waals surface area (Å²) in [5.41, 5.74) is 2.62. The number of hydrogen-bond donors (Lipinski definition) is 1. The summed E-state index contributed by atoms with van der Waals surface area (Å²) in [5.74, 6) is -2.42. The molecule has 2 aromatic carbocycles. The van der Waals surface area contributed by atoms with Gasteiger partial charge < -0.3 is 4.98 Å². The molecule has 4 rings (SSSR count). The molecule has 0 saturated heterocycles. The van der Waals surface area contributed by atoms with Crippen molar-refractivity contribution in [3.63, 3.8) is 0 Å². The molecule has 0 aliphatic carbocycles. The molecular formula is C20H15F3N2O2S. The second kappa shape index (κ2) is 6.56. The lowest BCUT2D eigenvalue weighted by Crippen LogP contribution is -2.16. The summed E-state index contributed by atoms with van der Waals surface area (Å²) in [5, 5.41) is 0.649. The van der Waals surface area contributed by atoms with E-state index < -0.39 is 32.4 Å². The summed E-state index contributed by atoms with van der Waals surface area (Å²) in [4.78, 5) is 2.53. The Morgan fingerprint density at radius 2 is 1.71 bits per heavy atom. The second-order valence-corrected chi connectivity index (χ2v) is 8.25. The predicted octanol–water partition coefficient (Wildman–Crippen LogP) is 4.52. The minimum atomic E-state index is -4.26. The molecule has 4 nitrogen and oxygen atoms in total. The highest BCUT2D eigenvalue weighted by Crippen LogP contribution is 2.27.